The first kappa shape index (κ1) is 14.2. The molecule has 0 aromatic heterocycles. The summed E-state index contributed by atoms with van der Waals surface area (Å²) in [7, 11) is 0. The Bertz CT molecular complexity index is 784. The first-order chi connectivity index (χ1) is 10.2. The highest BCUT2D eigenvalue weighted by Crippen LogP contribution is 2.34. The van der Waals surface area contributed by atoms with E-state index in [0.717, 1.165) is 26.6 Å². The number of nitrogens with two attached hydrogens (primary N) is 1. The van der Waals surface area contributed by atoms with Gasteiger partial charge in [-0.3, -0.25) is 0 Å². The maximum atomic E-state index is 6.16. The van der Waals surface area contributed by atoms with Gasteiger partial charge in [0.25, 0.3) is 0 Å². The van der Waals surface area contributed by atoms with E-state index in [9.17, 15) is 0 Å². The molecule has 3 aromatic carbocycles. The molecule has 0 unspecified atom stereocenters. The Hall–Kier alpha value is -1.71. The number of halogens is 2. The van der Waals surface area contributed by atoms with E-state index in [-0.39, 0.29) is 0 Å². The van der Waals surface area contributed by atoms with Crippen LogP contribution in [0.4, 0.5) is 5.69 Å². The summed E-state index contributed by atoms with van der Waals surface area (Å²) in [5.74, 6) is 0.771. The van der Waals surface area contributed by atoms with Crippen molar-refractivity contribution in [2.45, 2.75) is 6.61 Å². The molecule has 0 aliphatic rings. The van der Waals surface area contributed by atoms with Crippen LogP contribution in [0.5, 0.6) is 5.75 Å². The Labute approximate surface area is 136 Å². The summed E-state index contributed by atoms with van der Waals surface area (Å²) in [6, 6.07) is 17.6. The minimum absolute atomic E-state index is 0.336. The Morgan fingerprint density at radius 3 is 2.62 bits per heavy atom. The van der Waals surface area contributed by atoms with E-state index >= 15 is 0 Å². The summed E-state index contributed by atoms with van der Waals surface area (Å²) in [6.45, 7) is 0.336. The first-order valence-electron chi connectivity index (χ1n) is 6.50. The van der Waals surface area contributed by atoms with E-state index in [1.54, 1.807) is 0 Å². The van der Waals surface area contributed by atoms with Gasteiger partial charge in [0.2, 0.25) is 0 Å². The molecule has 0 saturated heterocycles. The van der Waals surface area contributed by atoms with Crippen molar-refractivity contribution in [1.82, 2.24) is 0 Å². The van der Waals surface area contributed by atoms with E-state index in [1.807, 2.05) is 42.5 Å². The molecule has 106 valence electrons. The minimum atomic E-state index is 0.336. The van der Waals surface area contributed by atoms with Crippen molar-refractivity contribution >= 4 is 44.0 Å². The van der Waals surface area contributed by atoms with Gasteiger partial charge < -0.3 is 10.5 Å². The molecule has 0 saturated carbocycles. The fourth-order valence-corrected chi connectivity index (χ4v) is 3.05. The molecule has 0 aliphatic heterocycles. The first-order valence-corrected chi connectivity index (χ1v) is 7.67. The van der Waals surface area contributed by atoms with Crippen LogP contribution in [-0.2, 0) is 6.61 Å². The Balaban J connectivity index is 1.91. The fourth-order valence-electron chi connectivity index (χ4n) is 2.20. The molecule has 0 spiro atoms. The molecule has 2 N–H and O–H groups in total. The van der Waals surface area contributed by atoms with Gasteiger partial charge in [0.15, 0.2) is 0 Å². The lowest BCUT2D eigenvalue weighted by Crippen LogP contribution is -2.01. The number of rotatable bonds is 3. The van der Waals surface area contributed by atoms with E-state index in [4.69, 9.17) is 22.1 Å². The van der Waals surface area contributed by atoms with E-state index < -0.39 is 0 Å². The summed E-state index contributed by atoms with van der Waals surface area (Å²) in [4.78, 5) is 0. The second-order valence-electron chi connectivity index (χ2n) is 4.70. The van der Waals surface area contributed by atoms with Gasteiger partial charge in [-0.1, -0.05) is 48.0 Å². The second kappa shape index (κ2) is 5.96. The lowest BCUT2D eigenvalue weighted by Gasteiger charge is -2.12. The maximum absolute atomic E-state index is 6.16. The Kier molecular flexibility index (Phi) is 4.04. The van der Waals surface area contributed by atoms with Crippen molar-refractivity contribution in [3.05, 3.63) is 69.7 Å². The third kappa shape index (κ3) is 2.85. The zero-order valence-electron chi connectivity index (χ0n) is 11.1. The van der Waals surface area contributed by atoms with Gasteiger partial charge in [-0.15, -0.1) is 0 Å². The van der Waals surface area contributed by atoms with Gasteiger partial charge in [0, 0.05) is 16.3 Å². The monoisotopic (exact) mass is 361 g/mol. The lowest BCUT2D eigenvalue weighted by atomic mass is 10.1. The highest BCUT2D eigenvalue weighted by molar-refractivity contribution is 9.10. The van der Waals surface area contributed by atoms with Crippen LogP contribution in [0.1, 0.15) is 5.56 Å². The smallest absolute Gasteiger partial charge is 0.134 e. The molecule has 0 fully saturated rings. The zero-order chi connectivity index (χ0) is 14.8. The van der Waals surface area contributed by atoms with Crippen LogP contribution in [0.3, 0.4) is 0 Å². The molecule has 3 rings (SSSR count). The SMILES string of the molecule is Nc1cccc(Cl)c1COc1ccc2ccccc2c1Br. The number of hydrogen-bond acceptors (Lipinski definition) is 2. The molecular formula is C17H13BrClNO. The lowest BCUT2D eigenvalue weighted by molar-refractivity contribution is 0.305. The molecule has 0 radical (unpaired) electrons. The predicted octanol–water partition coefficient (Wildman–Crippen LogP) is 5.42. The average molecular weight is 363 g/mol. The molecule has 0 amide bonds. The van der Waals surface area contributed by atoms with Gasteiger partial charge in [-0.2, -0.15) is 0 Å². The highest BCUT2D eigenvalue weighted by atomic mass is 79.9. The number of benzene rings is 3. The third-order valence-corrected chi connectivity index (χ3v) is 4.53. The van der Waals surface area contributed by atoms with Crippen LogP contribution in [0.15, 0.2) is 59.1 Å². The van der Waals surface area contributed by atoms with Gasteiger partial charge >= 0.3 is 0 Å². The van der Waals surface area contributed by atoms with Gasteiger partial charge in [-0.05, 0) is 44.9 Å². The van der Waals surface area contributed by atoms with Crippen LogP contribution in [0, 0.1) is 0 Å². The van der Waals surface area contributed by atoms with Crippen molar-refractivity contribution in [2.24, 2.45) is 0 Å². The molecule has 0 aliphatic carbocycles. The summed E-state index contributed by atoms with van der Waals surface area (Å²) < 4.78 is 6.82. The second-order valence-corrected chi connectivity index (χ2v) is 5.90. The summed E-state index contributed by atoms with van der Waals surface area (Å²) in [5.41, 5.74) is 7.38. The average Bonchev–Trinajstić information content (AvgIpc) is 2.49. The molecule has 0 atom stereocenters. The Morgan fingerprint density at radius 1 is 1.00 bits per heavy atom. The molecule has 2 nitrogen and oxygen atoms in total. The van der Waals surface area contributed by atoms with Gasteiger partial charge in [-0.25, -0.2) is 0 Å². The van der Waals surface area contributed by atoms with Crippen LogP contribution in [0.2, 0.25) is 5.02 Å². The van der Waals surface area contributed by atoms with Crippen LogP contribution < -0.4 is 10.5 Å². The molecule has 0 heterocycles. The third-order valence-electron chi connectivity index (χ3n) is 3.35. The number of ether oxygens (including phenoxy) is 1. The van der Waals surface area contributed by atoms with Crippen molar-refractivity contribution in [2.75, 3.05) is 5.73 Å². The fraction of sp³-hybridized carbons (Fsp3) is 0.0588. The minimum Gasteiger partial charge on any atom is -0.488 e. The van der Waals surface area contributed by atoms with Crippen molar-refractivity contribution in [3.63, 3.8) is 0 Å². The standard InChI is InChI=1S/C17H13BrClNO/c18-17-12-5-2-1-4-11(12)8-9-16(17)21-10-13-14(19)6-3-7-15(13)20/h1-9H,10,20H2. The van der Waals surface area contributed by atoms with Gasteiger partial charge in [0.05, 0.1) is 4.47 Å². The highest BCUT2D eigenvalue weighted by Gasteiger charge is 2.09. The number of hydrogen-bond donors (Lipinski definition) is 1. The molecule has 3 aromatic rings. The summed E-state index contributed by atoms with van der Waals surface area (Å²) in [5, 5.41) is 2.89. The summed E-state index contributed by atoms with van der Waals surface area (Å²) >= 11 is 9.76. The van der Waals surface area contributed by atoms with Crippen LogP contribution >= 0.6 is 27.5 Å². The van der Waals surface area contributed by atoms with Crippen LogP contribution in [0.25, 0.3) is 10.8 Å². The molecule has 0 bridgehead atoms. The quantitative estimate of drug-likeness (QED) is 0.632. The number of anilines is 1. The van der Waals surface area contributed by atoms with Crippen molar-refractivity contribution in [1.29, 1.82) is 0 Å². The molecular weight excluding hydrogens is 350 g/mol. The molecule has 21 heavy (non-hydrogen) atoms. The maximum Gasteiger partial charge on any atom is 0.134 e. The van der Waals surface area contributed by atoms with E-state index in [2.05, 4.69) is 28.1 Å². The number of nitrogen functional groups attached to an aromatic ring is 1. The summed E-state index contributed by atoms with van der Waals surface area (Å²) in [6.07, 6.45) is 0. The van der Waals surface area contributed by atoms with E-state index in [1.165, 1.54) is 0 Å². The Morgan fingerprint density at radius 2 is 1.81 bits per heavy atom. The number of fused-ring (bicyclic) bond motifs is 1. The largest absolute Gasteiger partial charge is 0.488 e. The molecule has 4 heteroatoms. The van der Waals surface area contributed by atoms with Crippen LogP contribution in [-0.4, -0.2) is 0 Å². The predicted molar refractivity (Wildman–Crippen MR) is 91.8 cm³/mol. The topological polar surface area (TPSA) is 35.2 Å². The normalized spacial score (nSPS) is 10.8. The zero-order valence-corrected chi connectivity index (χ0v) is 13.5. The van der Waals surface area contributed by atoms with E-state index in [0.29, 0.717) is 17.3 Å². The van der Waals surface area contributed by atoms with Crippen molar-refractivity contribution < 1.29 is 4.74 Å². The van der Waals surface area contributed by atoms with Gasteiger partial charge in [0.1, 0.15) is 12.4 Å². The van der Waals surface area contributed by atoms with Crippen molar-refractivity contribution in [3.8, 4) is 5.75 Å².